The van der Waals surface area contributed by atoms with Gasteiger partial charge in [-0.3, -0.25) is 14.4 Å². The van der Waals surface area contributed by atoms with E-state index in [4.69, 9.17) is 9.47 Å². The van der Waals surface area contributed by atoms with E-state index in [0.29, 0.717) is 30.7 Å². The van der Waals surface area contributed by atoms with Gasteiger partial charge in [-0.25, -0.2) is 0 Å². The Balaban J connectivity index is 1.67. The fourth-order valence-corrected chi connectivity index (χ4v) is 5.29. The molecule has 2 aliphatic heterocycles. The first-order valence-corrected chi connectivity index (χ1v) is 10.6. The molecule has 0 aliphatic carbocycles. The number of amides is 2. The Morgan fingerprint density at radius 3 is 2.61 bits per heavy atom. The van der Waals surface area contributed by atoms with Crippen LogP contribution in [0, 0.1) is 12.8 Å². The minimum Gasteiger partial charge on any atom is -0.497 e. The number of piperazine rings is 1. The van der Waals surface area contributed by atoms with Crippen LogP contribution in [0.2, 0.25) is 0 Å². The van der Waals surface area contributed by atoms with Gasteiger partial charge in [0.2, 0.25) is 5.91 Å². The SMILES string of the molecule is CC[C@H]1[C@@H](C(=O)OC)C[C@H]2CN(C(=O)c3c(C)n(C)c4ccc(OC)cc34)CC(=O)N21. The summed E-state index contributed by atoms with van der Waals surface area (Å²) in [5.41, 5.74) is 2.37. The molecule has 2 amide bonds. The first-order valence-electron chi connectivity index (χ1n) is 10.6. The third-order valence-electron chi connectivity index (χ3n) is 6.91. The number of aryl methyl sites for hydroxylation is 1. The minimum atomic E-state index is -0.345. The molecular weight excluding hydrogens is 398 g/mol. The van der Waals surface area contributed by atoms with E-state index in [0.717, 1.165) is 16.6 Å². The zero-order valence-electron chi connectivity index (χ0n) is 18.7. The minimum absolute atomic E-state index is 0.0134. The molecular formula is C23H29N3O5. The summed E-state index contributed by atoms with van der Waals surface area (Å²) in [7, 11) is 4.90. The van der Waals surface area contributed by atoms with Crippen LogP contribution >= 0.6 is 0 Å². The second-order valence-electron chi connectivity index (χ2n) is 8.38. The number of hydrogen-bond acceptors (Lipinski definition) is 5. The van der Waals surface area contributed by atoms with E-state index in [9.17, 15) is 14.4 Å². The van der Waals surface area contributed by atoms with E-state index in [1.54, 1.807) is 12.0 Å². The van der Waals surface area contributed by atoms with Crippen molar-refractivity contribution in [2.75, 3.05) is 27.3 Å². The van der Waals surface area contributed by atoms with E-state index in [1.807, 2.05) is 48.6 Å². The monoisotopic (exact) mass is 427 g/mol. The number of esters is 1. The van der Waals surface area contributed by atoms with Gasteiger partial charge in [-0.2, -0.15) is 0 Å². The van der Waals surface area contributed by atoms with Crippen molar-refractivity contribution in [1.82, 2.24) is 14.4 Å². The third-order valence-corrected chi connectivity index (χ3v) is 6.91. The van der Waals surface area contributed by atoms with E-state index in [2.05, 4.69) is 0 Å². The highest BCUT2D eigenvalue weighted by molar-refractivity contribution is 6.09. The molecule has 0 unspecified atom stereocenters. The molecule has 31 heavy (non-hydrogen) atoms. The number of methoxy groups -OCH3 is 2. The normalized spacial score (nSPS) is 23.3. The van der Waals surface area contributed by atoms with Gasteiger partial charge in [-0.05, 0) is 38.0 Å². The van der Waals surface area contributed by atoms with Crippen LogP contribution in [0.4, 0.5) is 0 Å². The van der Waals surface area contributed by atoms with Crippen LogP contribution in [0.25, 0.3) is 10.9 Å². The lowest BCUT2D eigenvalue weighted by Crippen LogP contribution is -2.57. The predicted octanol–water partition coefficient (Wildman–Crippen LogP) is 2.12. The number of aromatic nitrogens is 1. The summed E-state index contributed by atoms with van der Waals surface area (Å²) >= 11 is 0. The average molecular weight is 428 g/mol. The molecule has 2 saturated heterocycles. The number of rotatable bonds is 4. The standard InChI is InChI=1S/C23H29N3O5/c1-6-18-17(23(29)31-5)9-14-11-25(12-20(27)26(14)18)22(28)21-13(2)24(3)19-8-7-15(30-4)10-16(19)21/h7-8,10,14,17-18H,6,9,11-12H2,1-5H3/t14-,17-,18-/m0/s1. The molecule has 0 N–H and O–H groups in total. The molecule has 2 aliphatic rings. The number of ether oxygens (including phenoxy) is 2. The Morgan fingerprint density at radius 1 is 1.23 bits per heavy atom. The molecule has 8 heteroatoms. The topological polar surface area (TPSA) is 81.1 Å². The van der Waals surface area contributed by atoms with Gasteiger partial charge < -0.3 is 23.8 Å². The second-order valence-corrected chi connectivity index (χ2v) is 8.38. The molecule has 3 heterocycles. The first-order chi connectivity index (χ1) is 14.8. The lowest BCUT2D eigenvalue weighted by atomic mass is 9.97. The van der Waals surface area contributed by atoms with Crippen LogP contribution in [0.3, 0.4) is 0 Å². The summed E-state index contributed by atoms with van der Waals surface area (Å²) < 4.78 is 12.3. The van der Waals surface area contributed by atoms with Crippen LogP contribution in [-0.2, 0) is 21.4 Å². The van der Waals surface area contributed by atoms with Gasteiger partial charge in [-0.1, -0.05) is 6.92 Å². The van der Waals surface area contributed by atoms with E-state index in [1.165, 1.54) is 7.11 Å². The van der Waals surface area contributed by atoms with Gasteiger partial charge in [0.25, 0.3) is 5.91 Å². The summed E-state index contributed by atoms with van der Waals surface area (Å²) in [6.45, 7) is 4.31. The van der Waals surface area contributed by atoms with Crippen LogP contribution in [0.1, 0.15) is 35.8 Å². The molecule has 2 aromatic rings. The zero-order chi connectivity index (χ0) is 22.4. The number of benzene rings is 1. The van der Waals surface area contributed by atoms with Crippen LogP contribution in [-0.4, -0.2) is 71.5 Å². The van der Waals surface area contributed by atoms with E-state index in [-0.39, 0.29) is 42.3 Å². The van der Waals surface area contributed by atoms with Crippen molar-refractivity contribution in [3.63, 3.8) is 0 Å². The summed E-state index contributed by atoms with van der Waals surface area (Å²) in [6.07, 6.45) is 1.20. The highest BCUT2D eigenvalue weighted by Crippen LogP contribution is 2.37. The van der Waals surface area contributed by atoms with Crippen molar-refractivity contribution in [3.05, 3.63) is 29.5 Å². The molecule has 3 atom stereocenters. The number of hydrogen-bond donors (Lipinski definition) is 0. The van der Waals surface area contributed by atoms with Crippen LogP contribution in [0.5, 0.6) is 5.75 Å². The number of fused-ring (bicyclic) bond motifs is 2. The van der Waals surface area contributed by atoms with Crippen molar-refractivity contribution in [3.8, 4) is 5.75 Å². The van der Waals surface area contributed by atoms with Crippen LogP contribution in [0.15, 0.2) is 18.2 Å². The lowest BCUT2D eigenvalue weighted by molar-refractivity contribution is -0.147. The Morgan fingerprint density at radius 2 is 1.97 bits per heavy atom. The predicted molar refractivity (Wildman–Crippen MR) is 115 cm³/mol. The maximum Gasteiger partial charge on any atom is 0.310 e. The Hall–Kier alpha value is -3.03. The Kier molecular flexibility index (Phi) is 5.41. The van der Waals surface area contributed by atoms with Gasteiger partial charge in [-0.15, -0.1) is 0 Å². The molecule has 1 aromatic heterocycles. The first kappa shape index (κ1) is 21.2. The lowest BCUT2D eigenvalue weighted by Gasteiger charge is -2.39. The van der Waals surface area contributed by atoms with Crippen molar-refractivity contribution < 1.29 is 23.9 Å². The molecule has 0 radical (unpaired) electrons. The summed E-state index contributed by atoms with van der Waals surface area (Å²) in [4.78, 5) is 42.4. The van der Waals surface area contributed by atoms with Crippen LogP contribution < -0.4 is 4.74 Å². The second kappa shape index (κ2) is 7.90. The van der Waals surface area contributed by atoms with Crippen molar-refractivity contribution in [1.29, 1.82) is 0 Å². The molecule has 0 spiro atoms. The number of carbonyl (C=O) groups is 3. The summed E-state index contributed by atoms with van der Waals surface area (Å²) in [5.74, 6) is -0.237. The maximum atomic E-state index is 13.6. The molecule has 8 nitrogen and oxygen atoms in total. The molecule has 2 fully saturated rings. The maximum absolute atomic E-state index is 13.6. The molecule has 0 saturated carbocycles. The number of carbonyl (C=O) groups excluding carboxylic acids is 3. The largest absolute Gasteiger partial charge is 0.497 e. The highest BCUT2D eigenvalue weighted by Gasteiger charge is 2.50. The average Bonchev–Trinajstić information content (AvgIpc) is 3.27. The molecule has 4 rings (SSSR count). The molecule has 166 valence electrons. The summed E-state index contributed by atoms with van der Waals surface area (Å²) in [6, 6.07) is 5.32. The van der Waals surface area contributed by atoms with Crippen molar-refractivity contribution in [2.24, 2.45) is 13.0 Å². The fourth-order valence-electron chi connectivity index (χ4n) is 5.29. The summed E-state index contributed by atoms with van der Waals surface area (Å²) in [5, 5.41) is 0.810. The highest BCUT2D eigenvalue weighted by atomic mass is 16.5. The van der Waals surface area contributed by atoms with Crippen molar-refractivity contribution >= 4 is 28.7 Å². The Bertz CT molecular complexity index is 1060. The molecule has 0 bridgehead atoms. The van der Waals surface area contributed by atoms with Crippen molar-refractivity contribution in [2.45, 2.75) is 38.8 Å². The fraction of sp³-hybridized carbons (Fsp3) is 0.522. The van der Waals surface area contributed by atoms with Gasteiger partial charge in [0.15, 0.2) is 0 Å². The number of nitrogens with zero attached hydrogens (tertiary/aromatic N) is 3. The third kappa shape index (κ3) is 3.25. The quantitative estimate of drug-likeness (QED) is 0.699. The van der Waals surface area contributed by atoms with Gasteiger partial charge >= 0.3 is 5.97 Å². The van der Waals surface area contributed by atoms with E-state index < -0.39 is 0 Å². The van der Waals surface area contributed by atoms with Gasteiger partial charge in [0.1, 0.15) is 12.3 Å². The smallest absolute Gasteiger partial charge is 0.310 e. The van der Waals surface area contributed by atoms with Gasteiger partial charge in [0, 0.05) is 36.2 Å². The van der Waals surface area contributed by atoms with Gasteiger partial charge in [0.05, 0.1) is 31.7 Å². The molecule has 1 aromatic carbocycles. The Labute approximate surface area is 181 Å². The van der Waals surface area contributed by atoms with E-state index >= 15 is 0 Å². The zero-order valence-corrected chi connectivity index (χ0v) is 18.7.